The predicted molar refractivity (Wildman–Crippen MR) is 97.9 cm³/mol. The first-order valence-electron chi connectivity index (χ1n) is 9.06. The molecule has 2 amide bonds. The van der Waals surface area contributed by atoms with E-state index in [9.17, 15) is 13.2 Å². The van der Waals surface area contributed by atoms with Crippen molar-refractivity contribution in [1.82, 2.24) is 10.0 Å². The van der Waals surface area contributed by atoms with Gasteiger partial charge >= 0.3 is 6.03 Å². The number of benzene rings is 1. The largest absolute Gasteiger partial charge is 0.338 e. The molecule has 4 unspecified atom stereocenters. The SMILES string of the molecule is CCNC(=O)Nc1ccc(S(=O)(=O)NC(C)C2CC3CCC2C3)cc1. The molecule has 4 atom stereocenters. The van der Waals surface area contributed by atoms with Gasteiger partial charge in [-0.25, -0.2) is 17.9 Å². The average Bonchev–Trinajstić information content (AvgIpc) is 3.18. The minimum absolute atomic E-state index is 0.0477. The number of hydrogen-bond acceptors (Lipinski definition) is 3. The van der Waals surface area contributed by atoms with E-state index in [1.54, 1.807) is 12.1 Å². The smallest absolute Gasteiger partial charge is 0.319 e. The van der Waals surface area contributed by atoms with Gasteiger partial charge in [0.1, 0.15) is 0 Å². The number of urea groups is 1. The molecule has 138 valence electrons. The summed E-state index contributed by atoms with van der Waals surface area (Å²) in [6.07, 6.45) is 4.95. The van der Waals surface area contributed by atoms with E-state index in [4.69, 9.17) is 0 Å². The molecular weight excluding hydrogens is 338 g/mol. The Balaban J connectivity index is 1.62. The van der Waals surface area contributed by atoms with Gasteiger partial charge in [0, 0.05) is 18.3 Å². The zero-order valence-corrected chi connectivity index (χ0v) is 15.6. The van der Waals surface area contributed by atoms with Crippen molar-refractivity contribution in [3.8, 4) is 0 Å². The standard InChI is InChI=1S/C18H27N3O3S/c1-3-19-18(22)20-15-6-8-16(9-7-15)25(23,24)21-12(2)17-11-13-4-5-14(17)10-13/h6-9,12-14,17,21H,3-5,10-11H2,1-2H3,(H2,19,20,22). The zero-order chi connectivity index (χ0) is 18.0. The molecule has 0 radical (unpaired) electrons. The van der Waals surface area contributed by atoms with E-state index in [1.165, 1.54) is 31.4 Å². The third-order valence-corrected chi connectivity index (χ3v) is 7.11. The third-order valence-electron chi connectivity index (χ3n) is 5.54. The minimum Gasteiger partial charge on any atom is -0.338 e. The van der Waals surface area contributed by atoms with E-state index in [1.807, 2.05) is 13.8 Å². The summed E-state index contributed by atoms with van der Waals surface area (Å²) in [6.45, 7) is 4.34. The molecular formula is C18H27N3O3S. The van der Waals surface area contributed by atoms with Crippen LogP contribution in [0.2, 0.25) is 0 Å². The molecule has 2 aliphatic carbocycles. The highest BCUT2D eigenvalue weighted by molar-refractivity contribution is 7.89. The molecule has 2 aliphatic rings. The lowest BCUT2D eigenvalue weighted by Crippen LogP contribution is -2.40. The number of carbonyl (C=O) groups excluding carboxylic acids is 1. The van der Waals surface area contributed by atoms with Crippen LogP contribution in [0.5, 0.6) is 0 Å². The summed E-state index contributed by atoms with van der Waals surface area (Å²) in [6, 6.07) is 5.90. The lowest BCUT2D eigenvalue weighted by Gasteiger charge is -2.28. The van der Waals surface area contributed by atoms with Crippen molar-refractivity contribution in [3.63, 3.8) is 0 Å². The van der Waals surface area contributed by atoms with Crippen LogP contribution in [-0.2, 0) is 10.0 Å². The first kappa shape index (κ1) is 18.2. The Kier molecular flexibility index (Phi) is 5.34. The predicted octanol–water partition coefficient (Wildman–Crippen LogP) is 2.93. The molecule has 2 saturated carbocycles. The average molecular weight is 365 g/mol. The molecule has 2 fully saturated rings. The van der Waals surface area contributed by atoms with Crippen molar-refractivity contribution in [2.75, 3.05) is 11.9 Å². The number of sulfonamides is 1. The first-order chi connectivity index (χ1) is 11.9. The van der Waals surface area contributed by atoms with E-state index < -0.39 is 10.0 Å². The number of carbonyl (C=O) groups is 1. The van der Waals surface area contributed by atoms with Crippen LogP contribution in [-0.4, -0.2) is 27.0 Å². The molecule has 6 nitrogen and oxygen atoms in total. The number of rotatable bonds is 6. The summed E-state index contributed by atoms with van der Waals surface area (Å²) >= 11 is 0. The highest BCUT2D eigenvalue weighted by Crippen LogP contribution is 2.49. The van der Waals surface area contributed by atoms with Crippen molar-refractivity contribution in [1.29, 1.82) is 0 Å². The van der Waals surface area contributed by atoms with E-state index in [-0.39, 0.29) is 17.0 Å². The van der Waals surface area contributed by atoms with Crippen LogP contribution in [0.1, 0.15) is 39.5 Å². The summed E-state index contributed by atoms with van der Waals surface area (Å²) in [7, 11) is -3.55. The molecule has 25 heavy (non-hydrogen) atoms. The molecule has 3 N–H and O–H groups in total. The maximum absolute atomic E-state index is 12.6. The fourth-order valence-corrected chi connectivity index (χ4v) is 5.65. The summed E-state index contributed by atoms with van der Waals surface area (Å²) in [5.74, 6) is 1.92. The van der Waals surface area contributed by atoms with Crippen LogP contribution < -0.4 is 15.4 Å². The molecule has 0 saturated heterocycles. The molecule has 0 heterocycles. The second kappa shape index (κ2) is 7.33. The van der Waals surface area contributed by atoms with Crippen molar-refractivity contribution < 1.29 is 13.2 Å². The van der Waals surface area contributed by atoms with E-state index >= 15 is 0 Å². The molecule has 0 aliphatic heterocycles. The maximum atomic E-state index is 12.6. The van der Waals surface area contributed by atoms with Gasteiger partial charge in [-0.1, -0.05) is 6.42 Å². The van der Waals surface area contributed by atoms with Gasteiger partial charge in [-0.15, -0.1) is 0 Å². The van der Waals surface area contributed by atoms with Crippen LogP contribution in [0, 0.1) is 17.8 Å². The topological polar surface area (TPSA) is 87.3 Å². The van der Waals surface area contributed by atoms with Gasteiger partial charge in [0.05, 0.1) is 4.90 Å². The molecule has 3 rings (SSSR count). The Bertz CT molecular complexity index is 718. The number of anilines is 1. The van der Waals surface area contributed by atoms with Crippen LogP contribution in [0.15, 0.2) is 29.2 Å². The summed E-state index contributed by atoms with van der Waals surface area (Å²) < 4.78 is 28.1. The van der Waals surface area contributed by atoms with Gasteiger partial charge < -0.3 is 10.6 Å². The van der Waals surface area contributed by atoms with Gasteiger partial charge in [0.15, 0.2) is 0 Å². The molecule has 0 spiro atoms. The van der Waals surface area contributed by atoms with E-state index in [0.29, 0.717) is 24.1 Å². The fraction of sp³-hybridized carbons (Fsp3) is 0.611. The van der Waals surface area contributed by atoms with Gasteiger partial charge in [0.25, 0.3) is 0 Å². The maximum Gasteiger partial charge on any atom is 0.319 e. The summed E-state index contributed by atoms with van der Waals surface area (Å²) in [5.41, 5.74) is 0.561. The quantitative estimate of drug-likeness (QED) is 0.724. The normalized spacial score (nSPS) is 26.4. The molecule has 0 aromatic heterocycles. The fourth-order valence-electron chi connectivity index (χ4n) is 4.36. The second-order valence-electron chi connectivity index (χ2n) is 7.26. The second-order valence-corrected chi connectivity index (χ2v) is 8.97. The van der Waals surface area contributed by atoms with Crippen LogP contribution in [0.4, 0.5) is 10.5 Å². The van der Waals surface area contributed by atoms with Crippen molar-refractivity contribution in [2.45, 2.75) is 50.5 Å². The van der Waals surface area contributed by atoms with E-state index in [0.717, 1.165) is 12.3 Å². The Hall–Kier alpha value is -1.60. The molecule has 1 aromatic carbocycles. The van der Waals surface area contributed by atoms with Crippen LogP contribution in [0.25, 0.3) is 0 Å². The highest BCUT2D eigenvalue weighted by atomic mass is 32.2. The van der Waals surface area contributed by atoms with Gasteiger partial charge in [-0.05, 0) is 75.1 Å². The van der Waals surface area contributed by atoms with E-state index in [2.05, 4.69) is 15.4 Å². The van der Waals surface area contributed by atoms with Crippen LogP contribution in [0.3, 0.4) is 0 Å². The molecule has 7 heteroatoms. The Morgan fingerprint density at radius 1 is 1.20 bits per heavy atom. The number of hydrogen-bond donors (Lipinski definition) is 3. The number of fused-ring (bicyclic) bond motifs is 2. The summed E-state index contributed by atoms with van der Waals surface area (Å²) in [4.78, 5) is 11.7. The number of amides is 2. The van der Waals surface area contributed by atoms with Crippen molar-refractivity contribution in [3.05, 3.63) is 24.3 Å². The van der Waals surface area contributed by atoms with Crippen molar-refractivity contribution >= 4 is 21.7 Å². The lowest BCUT2D eigenvalue weighted by atomic mass is 9.84. The zero-order valence-electron chi connectivity index (χ0n) is 14.8. The van der Waals surface area contributed by atoms with Gasteiger partial charge in [-0.3, -0.25) is 0 Å². The Morgan fingerprint density at radius 3 is 2.48 bits per heavy atom. The molecule has 2 bridgehead atoms. The minimum atomic E-state index is -3.55. The highest BCUT2D eigenvalue weighted by Gasteiger charge is 2.42. The monoisotopic (exact) mass is 365 g/mol. The van der Waals surface area contributed by atoms with Crippen molar-refractivity contribution in [2.24, 2.45) is 17.8 Å². The van der Waals surface area contributed by atoms with Gasteiger partial charge in [-0.2, -0.15) is 0 Å². The lowest BCUT2D eigenvalue weighted by molar-refractivity contribution is 0.252. The molecule has 1 aromatic rings. The first-order valence-corrected chi connectivity index (χ1v) is 10.5. The number of nitrogens with one attached hydrogen (secondary N) is 3. The Labute approximate surface area is 149 Å². The summed E-state index contributed by atoms with van der Waals surface area (Å²) in [5, 5.41) is 5.29. The van der Waals surface area contributed by atoms with Crippen LogP contribution >= 0.6 is 0 Å². The Morgan fingerprint density at radius 2 is 1.92 bits per heavy atom. The third kappa shape index (κ3) is 4.15. The van der Waals surface area contributed by atoms with Gasteiger partial charge in [0.2, 0.25) is 10.0 Å².